The molecule has 2 saturated heterocycles. The smallest absolute Gasteiger partial charge is 0.253 e. The Kier molecular flexibility index (Phi) is 7.38. The lowest BCUT2D eigenvalue weighted by molar-refractivity contribution is 0.0791. The topological polar surface area (TPSA) is 98.2 Å². The molecule has 2 aliphatic rings. The van der Waals surface area contributed by atoms with Gasteiger partial charge in [0.25, 0.3) is 5.91 Å². The second-order valence-electron chi connectivity index (χ2n) is 11.8. The molecule has 2 aromatic carbocycles. The van der Waals surface area contributed by atoms with E-state index in [1.807, 2.05) is 42.7 Å². The molecule has 0 unspecified atom stereocenters. The zero-order valence-electron chi connectivity index (χ0n) is 24.7. The molecule has 43 heavy (non-hydrogen) atoms. The van der Waals surface area contributed by atoms with Gasteiger partial charge in [0.15, 0.2) is 11.5 Å². The molecule has 5 heterocycles. The fourth-order valence-corrected chi connectivity index (χ4v) is 6.05. The molecule has 2 fully saturated rings. The largest absolute Gasteiger partial charge is 0.363 e. The molecule has 0 bridgehead atoms. The summed E-state index contributed by atoms with van der Waals surface area (Å²) in [4.78, 5) is 24.7. The van der Waals surface area contributed by atoms with E-state index in [0.29, 0.717) is 18.7 Å². The molecule has 2 N–H and O–H groups in total. The highest BCUT2D eigenvalue weighted by Gasteiger charge is 2.28. The summed E-state index contributed by atoms with van der Waals surface area (Å²) in [6.45, 7) is 6.82. The van der Waals surface area contributed by atoms with Gasteiger partial charge in [0.1, 0.15) is 0 Å². The maximum absolute atomic E-state index is 13.4. The van der Waals surface area contributed by atoms with Gasteiger partial charge in [0.2, 0.25) is 0 Å². The molecular weight excluding hydrogens is 538 g/mol. The molecule has 0 radical (unpaired) electrons. The van der Waals surface area contributed by atoms with E-state index in [9.17, 15) is 4.79 Å². The molecule has 10 heteroatoms. The minimum atomic E-state index is 0.0609. The van der Waals surface area contributed by atoms with Crippen LogP contribution in [0.5, 0.6) is 0 Å². The number of aromatic nitrogens is 5. The Hall–Kier alpha value is -4.54. The Morgan fingerprint density at radius 2 is 1.65 bits per heavy atom. The summed E-state index contributed by atoms with van der Waals surface area (Å²) in [5.41, 5.74) is 7.05. The van der Waals surface area contributed by atoms with Crippen LogP contribution in [-0.2, 0) is 13.6 Å². The van der Waals surface area contributed by atoms with E-state index in [1.54, 1.807) is 4.68 Å². The predicted octanol–water partition coefficient (Wildman–Crippen LogP) is 4.10. The molecule has 1 amide bonds. The number of likely N-dealkylation sites (N-methyl/N-ethyl adjacent to an activating group) is 1. The van der Waals surface area contributed by atoms with Gasteiger partial charge in [0, 0.05) is 88.0 Å². The van der Waals surface area contributed by atoms with Gasteiger partial charge in [0.05, 0.1) is 11.6 Å². The number of fused-ring (bicyclic) bond motifs is 1. The number of aromatic amines is 1. The van der Waals surface area contributed by atoms with Gasteiger partial charge < -0.3 is 15.1 Å². The van der Waals surface area contributed by atoms with Crippen LogP contribution in [0.4, 0.5) is 5.82 Å². The molecule has 0 aliphatic carbocycles. The third kappa shape index (κ3) is 5.89. The molecule has 2 aliphatic heterocycles. The molecule has 0 spiro atoms. The number of aryl methyl sites for hydroxylation is 1. The maximum Gasteiger partial charge on any atom is 0.253 e. The summed E-state index contributed by atoms with van der Waals surface area (Å²) in [6.07, 6.45) is 6.48. The Morgan fingerprint density at radius 3 is 2.37 bits per heavy atom. The average Bonchev–Trinajstić information content (AvgIpc) is 3.79. The fourth-order valence-electron chi connectivity index (χ4n) is 6.05. The summed E-state index contributed by atoms with van der Waals surface area (Å²) in [5.74, 6) is 0.817. The number of carbonyl (C=O) groups excluding carboxylic acids is 1. The SMILES string of the molecule is CN1CCN(Cc2ccc(-c3ccc(C(=O)N4CC[C@@H](Nc5n[nH]c6ncc(-c7cnn(C)c7)cc56)C4)cc3)cc2)CC1. The number of H-pyrrole nitrogens is 1. The van der Waals surface area contributed by atoms with E-state index in [2.05, 4.69) is 84.9 Å². The molecule has 220 valence electrons. The van der Waals surface area contributed by atoms with Crippen molar-refractivity contribution < 1.29 is 4.79 Å². The number of nitrogens with zero attached hydrogens (tertiary/aromatic N) is 7. The Bertz CT molecular complexity index is 1720. The Labute approximate surface area is 251 Å². The van der Waals surface area contributed by atoms with Gasteiger partial charge >= 0.3 is 0 Å². The molecule has 7 rings (SSSR count). The molecule has 0 saturated carbocycles. The number of pyridine rings is 1. The van der Waals surface area contributed by atoms with E-state index < -0.39 is 0 Å². The second kappa shape index (κ2) is 11.6. The number of nitrogens with one attached hydrogen (secondary N) is 2. The summed E-state index contributed by atoms with van der Waals surface area (Å²) in [5, 5.41) is 16.2. The number of anilines is 1. The van der Waals surface area contributed by atoms with Crippen LogP contribution in [0.3, 0.4) is 0 Å². The predicted molar refractivity (Wildman–Crippen MR) is 169 cm³/mol. The van der Waals surface area contributed by atoms with Gasteiger partial charge in [-0.05, 0) is 48.4 Å². The van der Waals surface area contributed by atoms with Crippen molar-refractivity contribution >= 4 is 22.8 Å². The molecular formula is C33H37N9O. The van der Waals surface area contributed by atoms with Crippen molar-refractivity contribution in [3.05, 3.63) is 84.3 Å². The number of carbonyl (C=O) groups is 1. The lowest BCUT2D eigenvalue weighted by atomic mass is 10.0. The zero-order chi connectivity index (χ0) is 29.3. The van der Waals surface area contributed by atoms with Crippen LogP contribution in [-0.4, -0.2) is 97.9 Å². The summed E-state index contributed by atoms with van der Waals surface area (Å²) in [7, 11) is 4.09. The highest BCUT2D eigenvalue weighted by molar-refractivity contribution is 5.95. The summed E-state index contributed by atoms with van der Waals surface area (Å²) in [6, 6.07) is 19.0. The number of piperazine rings is 1. The van der Waals surface area contributed by atoms with Gasteiger partial charge in [-0.1, -0.05) is 36.4 Å². The number of hydrogen-bond donors (Lipinski definition) is 2. The molecule has 5 aromatic rings. The van der Waals surface area contributed by atoms with E-state index in [-0.39, 0.29) is 11.9 Å². The van der Waals surface area contributed by atoms with Gasteiger partial charge in [-0.25, -0.2) is 4.98 Å². The maximum atomic E-state index is 13.4. The third-order valence-corrected chi connectivity index (χ3v) is 8.69. The minimum absolute atomic E-state index is 0.0609. The van der Waals surface area contributed by atoms with Gasteiger partial charge in [-0.15, -0.1) is 0 Å². The lowest BCUT2D eigenvalue weighted by Crippen LogP contribution is -2.43. The third-order valence-electron chi connectivity index (χ3n) is 8.69. The van der Waals surface area contributed by atoms with Crippen molar-refractivity contribution in [2.75, 3.05) is 51.6 Å². The van der Waals surface area contributed by atoms with E-state index in [1.165, 1.54) is 11.1 Å². The van der Waals surface area contributed by atoms with Crippen molar-refractivity contribution in [3.8, 4) is 22.3 Å². The first-order chi connectivity index (χ1) is 21.0. The minimum Gasteiger partial charge on any atom is -0.363 e. The molecule has 3 aromatic heterocycles. The first-order valence-corrected chi connectivity index (χ1v) is 15.0. The number of likely N-dealkylation sites (tertiary alicyclic amines) is 1. The first kappa shape index (κ1) is 27.3. The number of amides is 1. The lowest BCUT2D eigenvalue weighted by Gasteiger charge is -2.32. The van der Waals surface area contributed by atoms with E-state index in [0.717, 1.165) is 72.7 Å². The van der Waals surface area contributed by atoms with Crippen LogP contribution < -0.4 is 5.32 Å². The molecule has 10 nitrogen and oxygen atoms in total. The van der Waals surface area contributed by atoms with Crippen LogP contribution >= 0.6 is 0 Å². The van der Waals surface area contributed by atoms with Crippen molar-refractivity contribution in [1.82, 2.24) is 39.7 Å². The second-order valence-corrected chi connectivity index (χ2v) is 11.8. The molecule has 1 atom stereocenters. The van der Waals surface area contributed by atoms with Gasteiger partial charge in [-0.3, -0.25) is 19.5 Å². The fraction of sp³-hybridized carbons (Fsp3) is 0.333. The van der Waals surface area contributed by atoms with E-state index >= 15 is 0 Å². The van der Waals surface area contributed by atoms with Crippen LogP contribution in [0.25, 0.3) is 33.3 Å². The first-order valence-electron chi connectivity index (χ1n) is 15.0. The van der Waals surface area contributed by atoms with Crippen molar-refractivity contribution in [1.29, 1.82) is 0 Å². The monoisotopic (exact) mass is 575 g/mol. The average molecular weight is 576 g/mol. The highest BCUT2D eigenvalue weighted by Crippen LogP contribution is 2.28. The summed E-state index contributed by atoms with van der Waals surface area (Å²) >= 11 is 0. The van der Waals surface area contributed by atoms with Crippen LogP contribution in [0.2, 0.25) is 0 Å². The standard InChI is InChI=1S/C33H37N9O/c1-39-13-15-41(16-14-39)20-23-3-5-24(6-4-23)25-7-9-26(10-8-25)33(43)42-12-11-29(22-42)36-32-30-17-27(18-34-31(30)37-38-32)28-19-35-40(2)21-28/h3-10,17-19,21,29H,11-16,20,22H2,1-2H3,(H2,34,36,37,38)/t29-/m1/s1. The van der Waals surface area contributed by atoms with Crippen LogP contribution in [0.15, 0.2) is 73.2 Å². The highest BCUT2D eigenvalue weighted by atomic mass is 16.2. The zero-order valence-corrected chi connectivity index (χ0v) is 24.7. The Balaban J connectivity index is 0.965. The van der Waals surface area contributed by atoms with E-state index in [4.69, 9.17) is 0 Å². The van der Waals surface area contributed by atoms with Crippen LogP contribution in [0.1, 0.15) is 22.3 Å². The van der Waals surface area contributed by atoms with Crippen LogP contribution in [0, 0.1) is 0 Å². The Morgan fingerprint density at radius 1 is 0.907 bits per heavy atom. The quantitative estimate of drug-likeness (QED) is 0.302. The van der Waals surface area contributed by atoms with Crippen molar-refractivity contribution in [3.63, 3.8) is 0 Å². The number of rotatable bonds is 7. The normalized spacial score (nSPS) is 18.0. The summed E-state index contributed by atoms with van der Waals surface area (Å²) < 4.78 is 1.78. The van der Waals surface area contributed by atoms with Crippen molar-refractivity contribution in [2.24, 2.45) is 7.05 Å². The number of benzene rings is 2. The van der Waals surface area contributed by atoms with Crippen molar-refractivity contribution in [2.45, 2.75) is 19.0 Å². The number of hydrogen-bond acceptors (Lipinski definition) is 7. The van der Waals surface area contributed by atoms with Gasteiger partial charge in [-0.2, -0.15) is 10.2 Å².